The number of aromatic nitrogens is 1. The number of hydrogen-bond donors (Lipinski definition) is 0. The van der Waals surface area contributed by atoms with Gasteiger partial charge in [0.15, 0.2) is 0 Å². The quantitative estimate of drug-likeness (QED) is 0.870. The third kappa shape index (κ3) is 3.62. The molecule has 0 radical (unpaired) electrons. The fraction of sp³-hybridized carbons (Fsp3) is 0.333. The molecule has 0 N–H and O–H groups in total. The Hall–Kier alpha value is -2.56. The van der Waals surface area contributed by atoms with Crippen molar-refractivity contribution >= 4 is 11.6 Å². The molecule has 0 unspecified atom stereocenters. The Labute approximate surface area is 136 Å². The second-order valence-electron chi connectivity index (χ2n) is 5.91. The average Bonchev–Trinajstić information content (AvgIpc) is 3.03. The van der Waals surface area contributed by atoms with Crippen molar-refractivity contribution in [3.8, 4) is 5.75 Å². The van der Waals surface area contributed by atoms with Gasteiger partial charge in [-0.1, -0.05) is 6.07 Å². The van der Waals surface area contributed by atoms with Gasteiger partial charge in [0.25, 0.3) is 5.91 Å². The minimum atomic E-state index is 0.0402. The number of benzene rings is 1. The van der Waals surface area contributed by atoms with Gasteiger partial charge in [-0.15, -0.1) is 0 Å². The van der Waals surface area contributed by atoms with Crippen molar-refractivity contribution in [3.05, 3.63) is 54.4 Å². The molecule has 2 heterocycles. The van der Waals surface area contributed by atoms with Crippen LogP contribution >= 0.6 is 0 Å². The number of amides is 1. The predicted molar refractivity (Wildman–Crippen MR) is 89.9 cm³/mol. The van der Waals surface area contributed by atoms with E-state index in [1.54, 1.807) is 12.4 Å². The van der Waals surface area contributed by atoms with Crippen LogP contribution < -0.4 is 9.64 Å². The molecule has 1 atom stereocenters. The zero-order valence-corrected chi connectivity index (χ0v) is 13.5. The molecule has 1 aromatic heterocycles. The highest BCUT2D eigenvalue weighted by Gasteiger charge is 2.28. The van der Waals surface area contributed by atoms with Crippen molar-refractivity contribution < 1.29 is 9.53 Å². The zero-order chi connectivity index (χ0) is 16.2. The standard InChI is InChI=1S/C18H21N3O2/c1-20(2)15-5-3-4-14(12-15)18(22)21-11-8-17(13-21)23-16-6-9-19-10-7-16/h3-7,9-10,12,17H,8,11,13H2,1-2H3/t17-/m0/s1. The lowest BCUT2D eigenvalue weighted by Crippen LogP contribution is -2.31. The molecule has 1 amide bonds. The van der Waals surface area contributed by atoms with Crippen LogP contribution in [-0.2, 0) is 0 Å². The first-order valence-corrected chi connectivity index (χ1v) is 7.77. The summed E-state index contributed by atoms with van der Waals surface area (Å²) in [6, 6.07) is 11.4. The van der Waals surface area contributed by atoms with E-state index in [1.807, 2.05) is 60.3 Å². The SMILES string of the molecule is CN(C)c1cccc(C(=O)N2CC[C@H](Oc3ccncc3)C2)c1. The normalized spacial score (nSPS) is 17.1. The van der Waals surface area contributed by atoms with Crippen LogP contribution in [0.5, 0.6) is 5.75 Å². The molecule has 1 saturated heterocycles. The number of rotatable bonds is 4. The van der Waals surface area contributed by atoms with Crippen molar-refractivity contribution in [2.45, 2.75) is 12.5 Å². The van der Waals surface area contributed by atoms with Gasteiger partial charge in [0.05, 0.1) is 6.54 Å². The zero-order valence-electron chi connectivity index (χ0n) is 13.5. The van der Waals surface area contributed by atoms with Crippen LogP contribution in [0.4, 0.5) is 5.69 Å². The summed E-state index contributed by atoms with van der Waals surface area (Å²) in [5.74, 6) is 0.864. The van der Waals surface area contributed by atoms with E-state index in [9.17, 15) is 4.79 Å². The summed E-state index contributed by atoms with van der Waals surface area (Å²) in [5.41, 5.74) is 1.75. The van der Waals surface area contributed by atoms with Gasteiger partial charge in [0.2, 0.25) is 0 Å². The first-order valence-electron chi connectivity index (χ1n) is 7.77. The summed E-state index contributed by atoms with van der Waals surface area (Å²) in [5, 5.41) is 0. The lowest BCUT2D eigenvalue weighted by Gasteiger charge is -2.19. The van der Waals surface area contributed by atoms with Gasteiger partial charge in [0.1, 0.15) is 11.9 Å². The maximum Gasteiger partial charge on any atom is 0.254 e. The highest BCUT2D eigenvalue weighted by atomic mass is 16.5. The van der Waals surface area contributed by atoms with Crippen LogP contribution in [-0.4, -0.2) is 49.1 Å². The molecule has 1 aliphatic rings. The maximum atomic E-state index is 12.7. The largest absolute Gasteiger partial charge is 0.488 e. The molecule has 5 nitrogen and oxygen atoms in total. The molecule has 0 saturated carbocycles. The van der Waals surface area contributed by atoms with Crippen LogP contribution in [0.3, 0.4) is 0 Å². The van der Waals surface area contributed by atoms with Gasteiger partial charge in [-0.05, 0) is 30.3 Å². The Morgan fingerprint density at radius 2 is 2.04 bits per heavy atom. The molecule has 1 fully saturated rings. The van der Waals surface area contributed by atoms with Gasteiger partial charge in [-0.3, -0.25) is 9.78 Å². The maximum absolute atomic E-state index is 12.7. The fourth-order valence-corrected chi connectivity index (χ4v) is 2.72. The summed E-state index contributed by atoms with van der Waals surface area (Å²) in [4.78, 5) is 20.5. The molecule has 1 aliphatic heterocycles. The summed E-state index contributed by atoms with van der Waals surface area (Å²) in [6.45, 7) is 1.34. The summed E-state index contributed by atoms with van der Waals surface area (Å²) in [7, 11) is 3.94. The number of nitrogens with zero attached hydrogens (tertiary/aromatic N) is 3. The average molecular weight is 311 g/mol. The van der Waals surface area contributed by atoms with E-state index < -0.39 is 0 Å². The first-order chi connectivity index (χ1) is 11.1. The third-order valence-corrected chi connectivity index (χ3v) is 3.99. The molecule has 1 aromatic carbocycles. The van der Waals surface area contributed by atoms with Crippen LogP contribution in [0.2, 0.25) is 0 Å². The molecule has 0 bridgehead atoms. The Morgan fingerprint density at radius 1 is 1.26 bits per heavy atom. The van der Waals surface area contributed by atoms with E-state index in [4.69, 9.17) is 4.74 Å². The topological polar surface area (TPSA) is 45.7 Å². The van der Waals surface area contributed by atoms with E-state index in [0.29, 0.717) is 6.54 Å². The lowest BCUT2D eigenvalue weighted by atomic mass is 10.1. The van der Waals surface area contributed by atoms with Crippen LogP contribution in [0.25, 0.3) is 0 Å². The van der Waals surface area contributed by atoms with E-state index in [-0.39, 0.29) is 12.0 Å². The molecule has 3 rings (SSSR count). The summed E-state index contributed by atoms with van der Waals surface area (Å²) >= 11 is 0. The second-order valence-corrected chi connectivity index (χ2v) is 5.91. The van der Waals surface area contributed by atoms with Crippen molar-refractivity contribution in [2.75, 3.05) is 32.1 Å². The van der Waals surface area contributed by atoms with E-state index >= 15 is 0 Å². The number of anilines is 1. The number of carbonyl (C=O) groups is 1. The van der Waals surface area contributed by atoms with Crippen molar-refractivity contribution in [2.24, 2.45) is 0 Å². The fourth-order valence-electron chi connectivity index (χ4n) is 2.72. The van der Waals surface area contributed by atoms with Crippen LogP contribution in [0.1, 0.15) is 16.8 Å². The first kappa shape index (κ1) is 15.3. The van der Waals surface area contributed by atoms with Crippen molar-refractivity contribution in [3.63, 3.8) is 0 Å². The number of carbonyl (C=O) groups excluding carboxylic acids is 1. The third-order valence-electron chi connectivity index (χ3n) is 3.99. The van der Waals surface area contributed by atoms with Gasteiger partial charge in [-0.25, -0.2) is 0 Å². The Morgan fingerprint density at radius 3 is 2.78 bits per heavy atom. The highest BCUT2D eigenvalue weighted by Crippen LogP contribution is 2.21. The summed E-state index contributed by atoms with van der Waals surface area (Å²) < 4.78 is 5.91. The molecule has 120 valence electrons. The molecular weight excluding hydrogens is 290 g/mol. The Kier molecular flexibility index (Phi) is 4.46. The van der Waals surface area contributed by atoms with Gasteiger partial charge in [-0.2, -0.15) is 0 Å². The second kappa shape index (κ2) is 6.69. The monoisotopic (exact) mass is 311 g/mol. The van der Waals surface area contributed by atoms with E-state index in [0.717, 1.165) is 30.0 Å². The minimum absolute atomic E-state index is 0.0402. The van der Waals surface area contributed by atoms with Crippen molar-refractivity contribution in [1.82, 2.24) is 9.88 Å². The Bertz CT molecular complexity index is 673. The number of pyridine rings is 1. The van der Waals surface area contributed by atoms with E-state index in [2.05, 4.69) is 4.98 Å². The molecule has 0 spiro atoms. The molecular formula is C18H21N3O2. The summed E-state index contributed by atoms with van der Waals surface area (Å²) in [6.07, 6.45) is 4.31. The molecule has 5 heteroatoms. The van der Waals surface area contributed by atoms with Crippen LogP contribution in [0, 0.1) is 0 Å². The lowest BCUT2D eigenvalue weighted by molar-refractivity contribution is 0.0772. The van der Waals surface area contributed by atoms with Crippen molar-refractivity contribution in [1.29, 1.82) is 0 Å². The number of ether oxygens (including phenoxy) is 1. The van der Waals surface area contributed by atoms with E-state index in [1.165, 1.54) is 0 Å². The number of likely N-dealkylation sites (tertiary alicyclic amines) is 1. The highest BCUT2D eigenvalue weighted by molar-refractivity contribution is 5.95. The predicted octanol–water partition coefficient (Wildman–Crippen LogP) is 2.44. The smallest absolute Gasteiger partial charge is 0.254 e. The minimum Gasteiger partial charge on any atom is -0.488 e. The van der Waals surface area contributed by atoms with Gasteiger partial charge >= 0.3 is 0 Å². The Balaban J connectivity index is 1.64. The molecule has 2 aromatic rings. The van der Waals surface area contributed by atoms with Gasteiger partial charge < -0.3 is 14.5 Å². The number of hydrogen-bond acceptors (Lipinski definition) is 4. The molecule has 23 heavy (non-hydrogen) atoms. The molecule has 0 aliphatic carbocycles. The van der Waals surface area contributed by atoms with Crippen LogP contribution in [0.15, 0.2) is 48.8 Å². The van der Waals surface area contributed by atoms with Gasteiger partial charge in [0, 0.05) is 50.7 Å².